The maximum absolute atomic E-state index is 12.8. The molecule has 9 nitrogen and oxygen atoms in total. The highest BCUT2D eigenvalue weighted by atomic mass is 32.2. The molecule has 0 radical (unpaired) electrons. The van der Waals surface area contributed by atoms with Gasteiger partial charge in [-0.2, -0.15) is 4.31 Å². The Balaban J connectivity index is 1.48. The number of nitrogens with one attached hydrogen (secondary N) is 1. The van der Waals surface area contributed by atoms with Crippen molar-refractivity contribution in [3.05, 3.63) is 52.6 Å². The van der Waals surface area contributed by atoms with Gasteiger partial charge in [0.25, 0.3) is 15.9 Å². The molecule has 0 bridgehead atoms. The third kappa shape index (κ3) is 3.68. The van der Waals surface area contributed by atoms with E-state index in [0.29, 0.717) is 36.6 Å². The average molecular weight is 419 g/mol. The summed E-state index contributed by atoms with van der Waals surface area (Å²) >= 11 is 1.31. The molecule has 0 atom stereocenters. The minimum Gasteiger partial charge on any atom is -0.339 e. The zero-order chi connectivity index (χ0) is 19.7. The highest BCUT2D eigenvalue weighted by Crippen LogP contribution is 2.26. The van der Waals surface area contributed by atoms with Crippen molar-refractivity contribution in [3.8, 4) is 0 Å². The molecular weight excluding hydrogens is 400 g/mol. The number of imidazole rings is 1. The van der Waals surface area contributed by atoms with E-state index in [2.05, 4.69) is 20.3 Å². The minimum atomic E-state index is -3.63. The van der Waals surface area contributed by atoms with Crippen LogP contribution in [0.15, 0.2) is 42.1 Å². The van der Waals surface area contributed by atoms with Crippen molar-refractivity contribution in [3.63, 3.8) is 0 Å². The first-order valence-corrected chi connectivity index (χ1v) is 10.9. The van der Waals surface area contributed by atoms with E-state index < -0.39 is 10.0 Å². The van der Waals surface area contributed by atoms with E-state index in [-0.39, 0.29) is 10.9 Å². The summed E-state index contributed by atoms with van der Waals surface area (Å²) in [6.45, 7) is 0.639. The van der Waals surface area contributed by atoms with Gasteiger partial charge in [-0.15, -0.1) is 11.3 Å². The molecular formula is C17H18N6O3S2. The van der Waals surface area contributed by atoms with Crippen LogP contribution in [0.3, 0.4) is 0 Å². The number of rotatable bonds is 4. The van der Waals surface area contributed by atoms with Crippen LogP contribution in [-0.4, -0.2) is 51.2 Å². The quantitative estimate of drug-likeness (QED) is 0.684. The summed E-state index contributed by atoms with van der Waals surface area (Å²) in [7, 11) is -1.90. The predicted octanol–water partition coefficient (Wildman–Crippen LogP) is 1.31. The second-order valence-electron chi connectivity index (χ2n) is 6.36. The van der Waals surface area contributed by atoms with Gasteiger partial charge in [0.15, 0.2) is 10.0 Å². The molecule has 0 unspecified atom stereocenters. The van der Waals surface area contributed by atoms with Crippen molar-refractivity contribution < 1.29 is 13.2 Å². The molecule has 28 heavy (non-hydrogen) atoms. The Hall–Kier alpha value is -2.63. The lowest BCUT2D eigenvalue weighted by atomic mass is 10.2. The molecule has 0 saturated heterocycles. The minimum absolute atomic E-state index is 0.0469. The van der Waals surface area contributed by atoms with Gasteiger partial charge in [-0.3, -0.25) is 9.78 Å². The Labute approximate surface area is 166 Å². The van der Waals surface area contributed by atoms with Crippen LogP contribution in [0.1, 0.15) is 20.4 Å². The largest absolute Gasteiger partial charge is 0.339 e. The Morgan fingerprint density at radius 1 is 1.21 bits per heavy atom. The van der Waals surface area contributed by atoms with Crippen LogP contribution in [0.2, 0.25) is 0 Å². The summed E-state index contributed by atoms with van der Waals surface area (Å²) in [5, 5.41) is 3.22. The highest BCUT2D eigenvalue weighted by molar-refractivity contribution is 7.89. The summed E-state index contributed by atoms with van der Waals surface area (Å²) in [5.41, 5.74) is 1.43. The third-order valence-corrected chi connectivity index (χ3v) is 7.32. The van der Waals surface area contributed by atoms with Gasteiger partial charge in [0, 0.05) is 55.7 Å². The Morgan fingerprint density at radius 3 is 2.68 bits per heavy atom. The molecule has 1 aliphatic heterocycles. The second kappa shape index (κ2) is 7.41. The van der Waals surface area contributed by atoms with E-state index in [4.69, 9.17) is 0 Å². The molecule has 1 amide bonds. The number of aromatic nitrogens is 4. The van der Waals surface area contributed by atoms with E-state index in [1.54, 1.807) is 36.1 Å². The number of pyridine rings is 1. The molecule has 146 valence electrons. The van der Waals surface area contributed by atoms with E-state index in [0.717, 1.165) is 10.6 Å². The van der Waals surface area contributed by atoms with Gasteiger partial charge in [-0.1, -0.05) is 0 Å². The number of hydrogen-bond donors (Lipinski definition) is 1. The first-order chi connectivity index (χ1) is 13.4. The topological polar surface area (TPSA) is 110 Å². The molecule has 4 rings (SSSR count). The van der Waals surface area contributed by atoms with Gasteiger partial charge < -0.3 is 9.88 Å². The SMILES string of the molecule is Cn1cnc(S(=O)(=O)N2CCc3nc(C(=O)Nc4ccncc4)sc3CC2)c1. The number of anilines is 1. The van der Waals surface area contributed by atoms with Crippen LogP contribution < -0.4 is 5.32 Å². The van der Waals surface area contributed by atoms with E-state index in [9.17, 15) is 13.2 Å². The number of sulfonamides is 1. The first kappa shape index (κ1) is 18.7. The number of aryl methyl sites for hydroxylation is 1. The highest BCUT2D eigenvalue weighted by Gasteiger charge is 2.30. The Bertz CT molecular complexity index is 1080. The van der Waals surface area contributed by atoms with Crippen LogP contribution in [-0.2, 0) is 29.9 Å². The lowest BCUT2D eigenvalue weighted by Crippen LogP contribution is -2.33. The van der Waals surface area contributed by atoms with Crippen LogP contribution in [0.4, 0.5) is 5.69 Å². The monoisotopic (exact) mass is 418 g/mol. The van der Waals surface area contributed by atoms with Crippen molar-refractivity contribution in [2.45, 2.75) is 17.9 Å². The van der Waals surface area contributed by atoms with Crippen LogP contribution in [0.25, 0.3) is 0 Å². The third-order valence-electron chi connectivity index (χ3n) is 4.38. The molecule has 0 spiro atoms. The first-order valence-electron chi connectivity index (χ1n) is 8.61. The number of hydrogen-bond acceptors (Lipinski definition) is 7. The second-order valence-corrected chi connectivity index (χ2v) is 9.33. The smallest absolute Gasteiger partial charge is 0.284 e. The summed E-state index contributed by atoms with van der Waals surface area (Å²) < 4.78 is 28.6. The molecule has 0 saturated carbocycles. The Kier molecular flexibility index (Phi) is 4.96. The van der Waals surface area contributed by atoms with Crippen molar-refractivity contribution in [2.75, 3.05) is 18.4 Å². The summed E-state index contributed by atoms with van der Waals surface area (Å²) in [5.74, 6) is -0.276. The molecule has 0 fully saturated rings. The number of thiazole rings is 1. The molecule has 0 aliphatic carbocycles. The van der Waals surface area contributed by atoms with E-state index >= 15 is 0 Å². The molecule has 0 aromatic carbocycles. The van der Waals surface area contributed by atoms with Crippen LogP contribution in [0, 0.1) is 0 Å². The van der Waals surface area contributed by atoms with Crippen molar-refractivity contribution >= 4 is 33.0 Å². The zero-order valence-electron chi connectivity index (χ0n) is 15.1. The van der Waals surface area contributed by atoms with Crippen LogP contribution in [0.5, 0.6) is 0 Å². The molecule has 4 heterocycles. The van der Waals surface area contributed by atoms with Gasteiger partial charge in [-0.25, -0.2) is 18.4 Å². The molecule has 3 aromatic heterocycles. The lowest BCUT2D eigenvalue weighted by Gasteiger charge is -2.18. The number of nitrogens with zero attached hydrogens (tertiary/aromatic N) is 5. The van der Waals surface area contributed by atoms with Gasteiger partial charge in [0.05, 0.1) is 12.0 Å². The normalized spacial score (nSPS) is 15.0. The lowest BCUT2D eigenvalue weighted by molar-refractivity contribution is 0.102. The molecule has 3 aromatic rings. The molecule has 11 heteroatoms. The van der Waals surface area contributed by atoms with Gasteiger partial charge in [-0.05, 0) is 18.6 Å². The molecule has 1 N–H and O–H groups in total. The predicted molar refractivity (Wildman–Crippen MR) is 104 cm³/mol. The number of amides is 1. The summed E-state index contributed by atoms with van der Waals surface area (Å²) in [6.07, 6.45) is 7.14. The van der Waals surface area contributed by atoms with Crippen LogP contribution >= 0.6 is 11.3 Å². The van der Waals surface area contributed by atoms with E-state index in [1.165, 1.54) is 28.2 Å². The van der Waals surface area contributed by atoms with E-state index in [1.807, 2.05) is 0 Å². The average Bonchev–Trinajstić information content (AvgIpc) is 3.24. The number of carbonyl (C=O) groups excluding carboxylic acids is 1. The zero-order valence-corrected chi connectivity index (χ0v) is 16.7. The maximum atomic E-state index is 12.8. The van der Waals surface area contributed by atoms with Crippen molar-refractivity contribution in [1.29, 1.82) is 0 Å². The standard InChI is InChI=1S/C17H18N6O3S2/c1-22-10-15(19-11-22)28(25,26)23-8-4-13-14(5-9-23)27-17(21-13)16(24)20-12-2-6-18-7-3-12/h2-3,6-7,10-11H,4-5,8-9H2,1H3,(H,18,20,24). The summed E-state index contributed by atoms with van der Waals surface area (Å²) in [4.78, 5) is 25.7. The summed E-state index contributed by atoms with van der Waals surface area (Å²) in [6, 6.07) is 3.41. The number of fused-ring (bicyclic) bond motifs is 1. The fraction of sp³-hybridized carbons (Fsp3) is 0.294. The molecule has 1 aliphatic rings. The Morgan fingerprint density at radius 2 is 1.96 bits per heavy atom. The fourth-order valence-electron chi connectivity index (χ4n) is 2.95. The van der Waals surface area contributed by atoms with Gasteiger partial charge in [0.2, 0.25) is 0 Å². The fourth-order valence-corrected chi connectivity index (χ4v) is 5.35. The van der Waals surface area contributed by atoms with Gasteiger partial charge >= 0.3 is 0 Å². The van der Waals surface area contributed by atoms with Gasteiger partial charge in [0.1, 0.15) is 0 Å². The number of carbonyl (C=O) groups is 1. The maximum Gasteiger partial charge on any atom is 0.284 e. The van der Waals surface area contributed by atoms with Crippen molar-refractivity contribution in [2.24, 2.45) is 7.05 Å². The van der Waals surface area contributed by atoms with Crippen molar-refractivity contribution in [1.82, 2.24) is 23.8 Å².